The highest BCUT2D eigenvalue weighted by atomic mass is 16.7. The van der Waals surface area contributed by atoms with Crippen LogP contribution in [0.5, 0.6) is 0 Å². The molecule has 1 N–H and O–H groups in total. The van der Waals surface area contributed by atoms with E-state index in [2.05, 4.69) is 5.32 Å². The zero-order chi connectivity index (χ0) is 10.1. The molecule has 0 aromatic heterocycles. The summed E-state index contributed by atoms with van der Waals surface area (Å²) in [6.45, 7) is 2.63. The summed E-state index contributed by atoms with van der Waals surface area (Å²) in [4.78, 5) is 0. The van der Waals surface area contributed by atoms with Crippen LogP contribution < -0.4 is 5.32 Å². The van der Waals surface area contributed by atoms with E-state index in [0.29, 0.717) is 0 Å². The van der Waals surface area contributed by atoms with Crippen molar-refractivity contribution in [3.05, 3.63) is 6.04 Å². The maximum Gasteiger partial charge on any atom is 0.178 e. The summed E-state index contributed by atoms with van der Waals surface area (Å²) in [5.74, 6) is 1.61. The van der Waals surface area contributed by atoms with Gasteiger partial charge in [0.05, 0.1) is 19.3 Å². The quantitative estimate of drug-likeness (QED) is 0.714. The molecule has 2 atom stereocenters. The second-order valence-electron chi connectivity index (χ2n) is 4.90. The lowest BCUT2D eigenvalue weighted by atomic mass is 9.71. The topological polar surface area (TPSA) is 30.5 Å². The molecular formula is C12H20NO2. The molecule has 0 bridgehead atoms. The Morgan fingerprint density at radius 1 is 1.00 bits per heavy atom. The van der Waals surface area contributed by atoms with Gasteiger partial charge in [-0.25, -0.2) is 0 Å². The largest absolute Gasteiger partial charge is 0.348 e. The number of hydrogen-bond acceptors (Lipinski definition) is 3. The Morgan fingerprint density at radius 3 is 2.67 bits per heavy atom. The van der Waals surface area contributed by atoms with Crippen molar-refractivity contribution in [1.29, 1.82) is 0 Å². The van der Waals surface area contributed by atoms with Gasteiger partial charge in [0.2, 0.25) is 0 Å². The molecule has 85 valence electrons. The van der Waals surface area contributed by atoms with Gasteiger partial charge in [-0.2, -0.15) is 0 Å². The van der Waals surface area contributed by atoms with E-state index in [9.17, 15) is 0 Å². The van der Waals surface area contributed by atoms with E-state index in [1.165, 1.54) is 38.1 Å². The molecule has 3 nitrogen and oxygen atoms in total. The molecule has 2 unspecified atom stereocenters. The zero-order valence-corrected chi connectivity index (χ0v) is 9.21. The molecule has 3 rings (SSSR count). The van der Waals surface area contributed by atoms with Gasteiger partial charge in [0, 0.05) is 0 Å². The van der Waals surface area contributed by atoms with E-state index in [1.807, 2.05) is 0 Å². The normalized spacial score (nSPS) is 39.2. The number of hydrogen-bond donors (Lipinski definition) is 1. The van der Waals surface area contributed by atoms with Crippen molar-refractivity contribution in [2.75, 3.05) is 19.8 Å². The molecule has 15 heavy (non-hydrogen) atoms. The van der Waals surface area contributed by atoms with Gasteiger partial charge in [0.1, 0.15) is 0 Å². The van der Waals surface area contributed by atoms with Crippen molar-refractivity contribution < 1.29 is 9.47 Å². The maximum absolute atomic E-state index is 5.62. The van der Waals surface area contributed by atoms with E-state index in [4.69, 9.17) is 9.47 Å². The lowest BCUT2D eigenvalue weighted by Crippen LogP contribution is -2.47. The van der Waals surface area contributed by atoms with Crippen molar-refractivity contribution >= 4 is 0 Å². The Morgan fingerprint density at radius 2 is 1.80 bits per heavy atom. The lowest BCUT2D eigenvalue weighted by molar-refractivity contribution is -0.0596. The average molecular weight is 210 g/mol. The summed E-state index contributed by atoms with van der Waals surface area (Å²) in [6.07, 6.45) is 6.82. The van der Waals surface area contributed by atoms with Gasteiger partial charge >= 0.3 is 0 Å². The molecule has 0 amide bonds. The molecule has 2 heterocycles. The molecule has 1 radical (unpaired) electrons. The molecule has 1 aliphatic carbocycles. The van der Waals surface area contributed by atoms with Crippen LogP contribution >= 0.6 is 0 Å². The van der Waals surface area contributed by atoms with Gasteiger partial charge < -0.3 is 14.8 Å². The summed E-state index contributed by atoms with van der Waals surface area (Å²) in [6, 6.07) is 1.35. The predicted molar refractivity (Wildman–Crippen MR) is 57.0 cm³/mol. The molecule has 3 heteroatoms. The first-order valence-corrected chi connectivity index (χ1v) is 6.29. The van der Waals surface area contributed by atoms with Crippen LogP contribution in [-0.2, 0) is 9.47 Å². The second-order valence-corrected chi connectivity index (χ2v) is 4.90. The number of fused-ring (bicyclic) bond motifs is 1. The Hall–Kier alpha value is -0.120. The molecule has 1 saturated carbocycles. The minimum absolute atomic E-state index is 0.0455. The number of nitrogens with one attached hydrogen (secondary N) is 1. The van der Waals surface area contributed by atoms with Crippen LogP contribution in [0.1, 0.15) is 32.1 Å². The van der Waals surface area contributed by atoms with Crippen molar-refractivity contribution in [3.63, 3.8) is 0 Å². The smallest absolute Gasteiger partial charge is 0.178 e. The summed E-state index contributed by atoms with van der Waals surface area (Å²) in [7, 11) is 0. The summed E-state index contributed by atoms with van der Waals surface area (Å²) in [5, 5.41) is 3.53. The first-order valence-electron chi connectivity index (χ1n) is 6.29. The molecule has 3 aliphatic rings. The SMILES string of the molecule is C1CCC2[C](C3OCCO3)NCCC2C1. The number of piperidine rings is 1. The van der Waals surface area contributed by atoms with Gasteiger partial charge in [-0.05, 0) is 31.2 Å². The summed E-state index contributed by atoms with van der Waals surface area (Å²) in [5.41, 5.74) is 0. The van der Waals surface area contributed by atoms with Crippen LogP contribution in [0.15, 0.2) is 0 Å². The van der Waals surface area contributed by atoms with Crippen molar-refractivity contribution in [3.8, 4) is 0 Å². The molecule has 2 aliphatic heterocycles. The molecule has 2 saturated heterocycles. The van der Waals surface area contributed by atoms with Gasteiger partial charge in [0.15, 0.2) is 6.29 Å². The first kappa shape index (κ1) is 10.1. The van der Waals surface area contributed by atoms with Crippen molar-refractivity contribution in [1.82, 2.24) is 5.32 Å². The van der Waals surface area contributed by atoms with Gasteiger partial charge in [-0.3, -0.25) is 0 Å². The number of rotatable bonds is 1. The van der Waals surface area contributed by atoms with E-state index in [1.54, 1.807) is 0 Å². The lowest BCUT2D eigenvalue weighted by Gasteiger charge is -2.42. The fourth-order valence-electron chi connectivity index (χ4n) is 3.29. The van der Waals surface area contributed by atoms with Crippen LogP contribution in [-0.4, -0.2) is 26.0 Å². The monoisotopic (exact) mass is 210 g/mol. The van der Waals surface area contributed by atoms with E-state index < -0.39 is 0 Å². The Bertz CT molecular complexity index is 214. The van der Waals surface area contributed by atoms with Crippen LogP contribution in [0.4, 0.5) is 0 Å². The van der Waals surface area contributed by atoms with Crippen LogP contribution in [0.3, 0.4) is 0 Å². The highest BCUT2D eigenvalue weighted by molar-refractivity contribution is 5.05. The zero-order valence-electron chi connectivity index (χ0n) is 9.21. The second kappa shape index (κ2) is 4.40. The molecule has 0 aromatic carbocycles. The fraction of sp³-hybridized carbons (Fsp3) is 0.917. The molecular weight excluding hydrogens is 190 g/mol. The first-order chi connectivity index (χ1) is 7.45. The third-order valence-corrected chi connectivity index (χ3v) is 4.03. The highest BCUT2D eigenvalue weighted by Gasteiger charge is 2.41. The minimum Gasteiger partial charge on any atom is -0.348 e. The van der Waals surface area contributed by atoms with E-state index in [-0.39, 0.29) is 6.29 Å². The Labute approximate surface area is 91.5 Å². The Balaban J connectivity index is 1.69. The summed E-state index contributed by atoms with van der Waals surface area (Å²) >= 11 is 0. The van der Waals surface area contributed by atoms with E-state index >= 15 is 0 Å². The van der Waals surface area contributed by atoms with E-state index in [0.717, 1.165) is 31.6 Å². The fourth-order valence-corrected chi connectivity index (χ4v) is 3.29. The molecule has 3 fully saturated rings. The van der Waals surface area contributed by atoms with Gasteiger partial charge in [0.25, 0.3) is 0 Å². The molecule has 0 aromatic rings. The van der Waals surface area contributed by atoms with Crippen molar-refractivity contribution in [2.24, 2.45) is 11.8 Å². The van der Waals surface area contributed by atoms with Crippen LogP contribution in [0.25, 0.3) is 0 Å². The highest BCUT2D eigenvalue weighted by Crippen LogP contribution is 2.42. The maximum atomic E-state index is 5.62. The van der Waals surface area contributed by atoms with Crippen LogP contribution in [0.2, 0.25) is 0 Å². The van der Waals surface area contributed by atoms with Gasteiger partial charge in [-0.1, -0.05) is 19.3 Å². The Kier molecular flexibility index (Phi) is 2.95. The minimum atomic E-state index is -0.0455. The van der Waals surface area contributed by atoms with Gasteiger partial charge in [-0.15, -0.1) is 0 Å². The van der Waals surface area contributed by atoms with Crippen LogP contribution in [0, 0.1) is 17.9 Å². The summed E-state index contributed by atoms with van der Waals surface area (Å²) < 4.78 is 11.2. The van der Waals surface area contributed by atoms with Crippen molar-refractivity contribution in [2.45, 2.75) is 38.4 Å². The third kappa shape index (κ3) is 1.93. The number of ether oxygens (including phenoxy) is 2. The standard InChI is InChI=1S/C12H20NO2/c1-2-4-10-9(3-1)5-6-13-11(10)12-14-7-8-15-12/h9-10,12-13H,1-8H2. The molecule has 0 spiro atoms. The average Bonchev–Trinajstić information content (AvgIpc) is 2.82. The third-order valence-electron chi connectivity index (χ3n) is 4.03. The predicted octanol–water partition coefficient (Wildman–Crippen LogP) is 1.69.